The van der Waals surface area contributed by atoms with Crippen LogP contribution in [0.1, 0.15) is 51.4 Å². The van der Waals surface area contributed by atoms with E-state index < -0.39 is 0 Å². The molecule has 3 heteroatoms. The fourth-order valence-electron chi connectivity index (χ4n) is 2.41. The highest BCUT2D eigenvalue weighted by Gasteiger charge is 2.17. The minimum absolute atomic E-state index is 0.662. The van der Waals surface area contributed by atoms with Crippen molar-refractivity contribution in [3.05, 3.63) is 11.6 Å². The number of allylic oxidation sites excluding steroid dienone is 1. The van der Waals surface area contributed by atoms with Crippen molar-refractivity contribution in [2.75, 3.05) is 13.6 Å². The van der Waals surface area contributed by atoms with Crippen LogP contribution in [0.15, 0.2) is 16.6 Å². The van der Waals surface area contributed by atoms with Crippen molar-refractivity contribution >= 4 is 5.96 Å². The maximum atomic E-state index is 4.27. The third-order valence-corrected chi connectivity index (χ3v) is 3.79. The summed E-state index contributed by atoms with van der Waals surface area (Å²) < 4.78 is 0. The number of hydrogen-bond donors (Lipinski definition) is 2. The van der Waals surface area contributed by atoms with Crippen LogP contribution in [0.25, 0.3) is 0 Å². The van der Waals surface area contributed by atoms with E-state index in [-0.39, 0.29) is 0 Å². The predicted octanol–water partition coefficient (Wildman–Crippen LogP) is 2.59. The van der Waals surface area contributed by atoms with Crippen molar-refractivity contribution in [3.63, 3.8) is 0 Å². The Morgan fingerprint density at radius 3 is 2.82 bits per heavy atom. The molecule has 0 spiro atoms. The van der Waals surface area contributed by atoms with Gasteiger partial charge in [0.1, 0.15) is 0 Å². The first-order chi connectivity index (χ1) is 8.38. The van der Waals surface area contributed by atoms with Crippen LogP contribution >= 0.6 is 0 Å². The van der Waals surface area contributed by atoms with Crippen LogP contribution in [0.3, 0.4) is 0 Å². The molecule has 0 aromatic heterocycles. The zero-order chi connectivity index (χ0) is 11.9. The van der Waals surface area contributed by atoms with Crippen LogP contribution < -0.4 is 10.6 Å². The summed E-state index contributed by atoms with van der Waals surface area (Å²) in [5.74, 6) is 0.978. The molecule has 0 bridgehead atoms. The lowest BCUT2D eigenvalue weighted by atomic mass is 9.93. The molecule has 0 aromatic carbocycles. The molecule has 0 radical (unpaired) electrons. The van der Waals surface area contributed by atoms with Gasteiger partial charge >= 0.3 is 0 Å². The van der Waals surface area contributed by atoms with E-state index in [4.69, 9.17) is 0 Å². The van der Waals surface area contributed by atoms with E-state index >= 15 is 0 Å². The van der Waals surface area contributed by atoms with Gasteiger partial charge in [-0.2, -0.15) is 0 Å². The van der Waals surface area contributed by atoms with Gasteiger partial charge in [-0.15, -0.1) is 0 Å². The fraction of sp³-hybridized carbons (Fsp3) is 0.786. The van der Waals surface area contributed by atoms with E-state index in [1.807, 2.05) is 7.05 Å². The van der Waals surface area contributed by atoms with Crippen molar-refractivity contribution in [1.29, 1.82) is 0 Å². The second-order valence-corrected chi connectivity index (χ2v) is 5.13. The summed E-state index contributed by atoms with van der Waals surface area (Å²) in [7, 11) is 1.86. The molecule has 2 aliphatic rings. The first-order valence-corrected chi connectivity index (χ1v) is 7.03. The second kappa shape index (κ2) is 6.67. The Kier molecular flexibility index (Phi) is 4.89. The molecule has 96 valence electrons. The second-order valence-electron chi connectivity index (χ2n) is 5.13. The van der Waals surface area contributed by atoms with Gasteiger partial charge in [0.2, 0.25) is 0 Å². The lowest BCUT2D eigenvalue weighted by Crippen LogP contribution is -2.46. The molecule has 0 atom stereocenters. The zero-order valence-corrected chi connectivity index (χ0v) is 11.0. The maximum absolute atomic E-state index is 4.27. The van der Waals surface area contributed by atoms with Crippen LogP contribution in [-0.2, 0) is 0 Å². The largest absolute Gasteiger partial charge is 0.356 e. The van der Waals surface area contributed by atoms with Crippen molar-refractivity contribution in [2.24, 2.45) is 4.99 Å². The molecule has 0 aromatic rings. The summed E-state index contributed by atoms with van der Waals surface area (Å²) >= 11 is 0. The molecule has 2 N–H and O–H groups in total. The molecule has 1 saturated carbocycles. The first kappa shape index (κ1) is 12.5. The van der Waals surface area contributed by atoms with E-state index in [1.165, 1.54) is 51.4 Å². The number of hydrogen-bond acceptors (Lipinski definition) is 1. The Balaban J connectivity index is 1.63. The standard InChI is InChI=1S/C14H25N3/c1-15-14(17-13-8-5-9-13)16-11-10-12-6-3-2-4-7-12/h6,13H,2-5,7-11H2,1H3,(H2,15,16,17). The van der Waals surface area contributed by atoms with E-state index in [1.54, 1.807) is 5.57 Å². The summed E-state index contributed by atoms with van der Waals surface area (Å²) in [5.41, 5.74) is 1.63. The number of rotatable bonds is 4. The zero-order valence-electron chi connectivity index (χ0n) is 11.0. The highest BCUT2D eigenvalue weighted by Crippen LogP contribution is 2.19. The van der Waals surface area contributed by atoms with E-state index in [9.17, 15) is 0 Å². The number of nitrogens with zero attached hydrogens (tertiary/aromatic N) is 1. The molecular formula is C14H25N3. The number of guanidine groups is 1. The molecule has 3 nitrogen and oxygen atoms in total. The highest BCUT2D eigenvalue weighted by atomic mass is 15.2. The first-order valence-electron chi connectivity index (χ1n) is 7.03. The van der Waals surface area contributed by atoms with E-state index in [0.717, 1.165) is 12.5 Å². The van der Waals surface area contributed by atoms with Crippen LogP contribution in [0.2, 0.25) is 0 Å². The minimum atomic E-state index is 0.662. The van der Waals surface area contributed by atoms with Gasteiger partial charge in [-0.25, -0.2) is 0 Å². The average molecular weight is 235 g/mol. The molecule has 0 saturated heterocycles. The Hall–Kier alpha value is -0.990. The van der Waals surface area contributed by atoms with Gasteiger partial charge in [-0.3, -0.25) is 4.99 Å². The summed E-state index contributed by atoms with van der Waals surface area (Å²) in [6, 6.07) is 0.662. The quantitative estimate of drug-likeness (QED) is 0.446. The highest BCUT2D eigenvalue weighted by molar-refractivity contribution is 5.80. The summed E-state index contributed by atoms with van der Waals surface area (Å²) in [6.45, 7) is 1.01. The third-order valence-electron chi connectivity index (χ3n) is 3.79. The van der Waals surface area contributed by atoms with Gasteiger partial charge in [0.05, 0.1) is 0 Å². The molecule has 0 amide bonds. The van der Waals surface area contributed by atoms with Gasteiger partial charge in [0, 0.05) is 19.6 Å². The Morgan fingerprint density at radius 2 is 2.24 bits per heavy atom. The topological polar surface area (TPSA) is 36.4 Å². The molecule has 1 fully saturated rings. The maximum Gasteiger partial charge on any atom is 0.191 e. The van der Waals surface area contributed by atoms with Gasteiger partial charge in [0.25, 0.3) is 0 Å². The van der Waals surface area contributed by atoms with Crippen LogP contribution in [0.4, 0.5) is 0 Å². The normalized spacial score (nSPS) is 21.7. The Morgan fingerprint density at radius 1 is 1.35 bits per heavy atom. The smallest absolute Gasteiger partial charge is 0.191 e. The van der Waals surface area contributed by atoms with Gasteiger partial charge < -0.3 is 10.6 Å². The molecule has 0 aliphatic heterocycles. The van der Waals surface area contributed by atoms with Gasteiger partial charge in [0.15, 0.2) is 5.96 Å². The van der Waals surface area contributed by atoms with Gasteiger partial charge in [-0.1, -0.05) is 11.6 Å². The van der Waals surface area contributed by atoms with Crippen molar-refractivity contribution in [3.8, 4) is 0 Å². The predicted molar refractivity (Wildman–Crippen MR) is 73.3 cm³/mol. The van der Waals surface area contributed by atoms with Crippen LogP contribution in [0.5, 0.6) is 0 Å². The van der Waals surface area contributed by atoms with Crippen molar-refractivity contribution in [1.82, 2.24) is 10.6 Å². The molecule has 17 heavy (non-hydrogen) atoms. The SMILES string of the molecule is CN=C(NCCC1=CCCCC1)NC1CCC1. The number of aliphatic imine (C=N–C) groups is 1. The minimum Gasteiger partial charge on any atom is -0.356 e. The summed E-state index contributed by atoms with van der Waals surface area (Å²) in [5, 5.41) is 6.87. The van der Waals surface area contributed by atoms with Crippen LogP contribution in [0, 0.1) is 0 Å². The summed E-state index contributed by atoms with van der Waals surface area (Å²) in [6.07, 6.45) is 12.9. The molecule has 0 unspecified atom stereocenters. The lowest BCUT2D eigenvalue weighted by Gasteiger charge is -2.28. The third kappa shape index (κ3) is 4.06. The van der Waals surface area contributed by atoms with Gasteiger partial charge in [-0.05, 0) is 51.4 Å². The lowest BCUT2D eigenvalue weighted by molar-refractivity contribution is 0.380. The van der Waals surface area contributed by atoms with Crippen molar-refractivity contribution in [2.45, 2.75) is 57.4 Å². The molecule has 2 rings (SSSR count). The van der Waals surface area contributed by atoms with Crippen molar-refractivity contribution < 1.29 is 0 Å². The van der Waals surface area contributed by atoms with E-state index in [0.29, 0.717) is 6.04 Å². The number of nitrogens with one attached hydrogen (secondary N) is 2. The monoisotopic (exact) mass is 235 g/mol. The fourth-order valence-corrected chi connectivity index (χ4v) is 2.41. The summed E-state index contributed by atoms with van der Waals surface area (Å²) in [4.78, 5) is 4.27. The Labute approximate surface area is 105 Å². The Bertz CT molecular complexity index is 290. The molecular weight excluding hydrogens is 210 g/mol. The van der Waals surface area contributed by atoms with Crippen LogP contribution in [-0.4, -0.2) is 25.6 Å². The molecule has 0 heterocycles. The average Bonchev–Trinajstić information content (AvgIpc) is 2.32. The molecule has 2 aliphatic carbocycles. The van der Waals surface area contributed by atoms with E-state index in [2.05, 4.69) is 21.7 Å².